The van der Waals surface area contributed by atoms with Gasteiger partial charge >= 0.3 is 0 Å². The van der Waals surface area contributed by atoms with E-state index < -0.39 is 0 Å². The molecule has 6 atom stereocenters. The highest BCUT2D eigenvalue weighted by Gasteiger charge is 2.67. The standard InChI is InChI=1S/C16H14N2O2/c19-15-13-9-1-2-10(12-7-11(9)12)14(13)16(20)18(15)8-3-5-17-6-4-8/h1-6,9-14H,7H2/t9-,10+,11-,12-,13+,14+/m1/s1. The van der Waals surface area contributed by atoms with Crippen LogP contribution in [0.4, 0.5) is 5.69 Å². The fraction of sp³-hybridized carbons (Fsp3) is 0.438. The molecule has 6 rings (SSSR count). The van der Waals surface area contributed by atoms with Crippen LogP contribution < -0.4 is 4.90 Å². The number of hydrogen-bond acceptors (Lipinski definition) is 3. The van der Waals surface area contributed by atoms with E-state index in [4.69, 9.17) is 0 Å². The Morgan fingerprint density at radius 3 is 2.05 bits per heavy atom. The predicted octanol–water partition coefficient (Wildman–Crippen LogP) is 1.64. The lowest BCUT2D eigenvalue weighted by atomic mass is 9.63. The van der Waals surface area contributed by atoms with Crippen LogP contribution in [-0.2, 0) is 9.59 Å². The zero-order valence-corrected chi connectivity index (χ0v) is 10.8. The first-order valence-electron chi connectivity index (χ1n) is 7.23. The summed E-state index contributed by atoms with van der Waals surface area (Å²) in [6.07, 6.45) is 8.85. The first kappa shape index (κ1) is 10.8. The third-order valence-corrected chi connectivity index (χ3v) is 5.58. The third kappa shape index (κ3) is 1.11. The van der Waals surface area contributed by atoms with Crippen molar-refractivity contribution in [2.45, 2.75) is 6.42 Å². The summed E-state index contributed by atoms with van der Waals surface area (Å²) in [4.78, 5) is 30.9. The summed E-state index contributed by atoms with van der Waals surface area (Å²) >= 11 is 0. The molecule has 1 aromatic heterocycles. The van der Waals surface area contributed by atoms with E-state index in [1.165, 1.54) is 11.3 Å². The van der Waals surface area contributed by atoms with Crippen LogP contribution in [0.3, 0.4) is 0 Å². The Kier molecular flexibility index (Phi) is 1.82. The second kappa shape index (κ2) is 3.37. The van der Waals surface area contributed by atoms with Crippen molar-refractivity contribution >= 4 is 17.5 Å². The lowest BCUT2D eigenvalue weighted by Gasteiger charge is -2.37. The molecule has 1 aromatic rings. The molecule has 5 aliphatic rings. The number of rotatable bonds is 1. The summed E-state index contributed by atoms with van der Waals surface area (Å²) in [7, 11) is 0. The highest BCUT2D eigenvalue weighted by Crippen LogP contribution is 2.65. The van der Waals surface area contributed by atoms with Gasteiger partial charge < -0.3 is 0 Å². The second-order valence-corrected chi connectivity index (χ2v) is 6.37. The molecule has 2 bridgehead atoms. The smallest absolute Gasteiger partial charge is 0.238 e. The lowest BCUT2D eigenvalue weighted by Crippen LogP contribution is -2.40. The molecular weight excluding hydrogens is 252 g/mol. The van der Waals surface area contributed by atoms with E-state index in [1.54, 1.807) is 24.5 Å². The number of aromatic nitrogens is 1. The largest absolute Gasteiger partial charge is 0.274 e. The van der Waals surface area contributed by atoms with Gasteiger partial charge in [-0.25, -0.2) is 4.90 Å². The zero-order valence-electron chi connectivity index (χ0n) is 10.8. The summed E-state index contributed by atoms with van der Waals surface area (Å²) in [6, 6.07) is 3.48. The molecule has 1 saturated heterocycles. The Morgan fingerprint density at radius 2 is 1.50 bits per heavy atom. The summed E-state index contributed by atoms with van der Waals surface area (Å²) in [6.45, 7) is 0. The fourth-order valence-corrected chi connectivity index (χ4v) is 4.70. The number of anilines is 1. The summed E-state index contributed by atoms with van der Waals surface area (Å²) < 4.78 is 0. The van der Waals surface area contributed by atoms with Crippen molar-refractivity contribution in [3.05, 3.63) is 36.7 Å². The van der Waals surface area contributed by atoms with E-state index in [0.717, 1.165) is 0 Å². The van der Waals surface area contributed by atoms with Crippen LogP contribution in [0.2, 0.25) is 0 Å². The van der Waals surface area contributed by atoms with Gasteiger partial charge in [0.1, 0.15) is 0 Å². The van der Waals surface area contributed by atoms with Crippen molar-refractivity contribution < 1.29 is 9.59 Å². The Bertz CT molecular complexity index is 618. The zero-order chi connectivity index (χ0) is 13.4. The molecule has 1 aliphatic heterocycles. The lowest BCUT2D eigenvalue weighted by molar-refractivity contribution is -0.124. The molecule has 0 N–H and O–H groups in total. The minimum atomic E-state index is -0.116. The maximum atomic E-state index is 12.8. The highest BCUT2D eigenvalue weighted by molar-refractivity contribution is 6.22. The van der Waals surface area contributed by atoms with Crippen LogP contribution in [0, 0.1) is 35.5 Å². The van der Waals surface area contributed by atoms with Crippen molar-refractivity contribution in [3.63, 3.8) is 0 Å². The number of pyridine rings is 1. The van der Waals surface area contributed by atoms with E-state index >= 15 is 0 Å². The van der Waals surface area contributed by atoms with Crippen LogP contribution in [0.25, 0.3) is 0 Å². The summed E-state index contributed by atoms with van der Waals surface area (Å²) in [5.74, 6) is 1.65. The quantitative estimate of drug-likeness (QED) is 0.573. The normalized spacial score (nSPS) is 43.7. The van der Waals surface area contributed by atoms with Crippen molar-refractivity contribution in [3.8, 4) is 0 Å². The number of carbonyl (C=O) groups excluding carboxylic acids is 2. The van der Waals surface area contributed by atoms with Gasteiger partial charge in [-0.05, 0) is 42.2 Å². The van der Waals surface area contributed by atoms with E-state index in [9.17, 15) is 9.59 Å². The van der Waals surface area contributed by atoms with E-state index in [1.807, 2.05) is 0 Å². The molecule has 100 valence electrons. The fourth-order valence-electron chi connectivity index (χ4n) is 4.70. The van der Waals surface area contributed by atoms with E-state index in [-0.39, 0.29) is 23.7 Å². The number of amides is 2. The van der Waals surface area contributed by atoms with Crippen molar-refractivity contribution in [1.29, 1.82) is 0 Å². The molecular formula is C16H14N2O2. The number of hydrogen-bond donors (Lipinski definition) is 0. The first-order chi connectivity index (χ1) is 9.77. The van der Waals surface area contributed by atoms with Gasteiger partial charge in [-0.15, -0.1) is 0 Å². The molecule has 0 radical (unpaired) electrons. The molecule has 2 saturated carbocycles. The maximum absolute atomic E-state index is 12.8. The summed E-state index contributed by atoms with van der Waals surface area (Å²) in [5, 5.41) is 0. The molecule has 3 fully saturated rings. The molecule has 4 aliphatic carbocycles. The van der Waals surface area contributed by atoms with Gasteiger partial charge in [0.2, 0.25) is 11.8 Å². The minimum Gasteiger partial charge on any atom is -0.274 e. The SMILES string of the molecule is O=C1[C@H]2[C@@H]3C=C[C@@H]([C@H]4C[C@H]34)[C@@H]2C(=O)N1c1ccncc1. The molecule has 20 heavy (non-hydrogen) atoms. The van der Waals surface area contributed by atoms with Gasteiger partial charge in [0.25, 0.3) is 0 Å². The average Bonchev–Trinajstić information content (AvgIpc) is 3.25. The van der Waals surface area contributed by atoms with Crippen LogP contribution in [0.5, 0.6) is 0 Å². The Labute approximate surface area is 116 Å². The van der Waals surface area contributed by atoms with Gasteiger partial charge in [-0.3, -0.25) is 14.6 Å². The monoisotopic (exact) mass is 266 g/mol. The third-order valence-electron chi connectivity index (χ3n) is 5.58. The Balaban J connectivity index is 1.61. The van der Waals surface area contributed by atoms with Gasteiger partial charge in [0.15, 0.2) is 0 Å². The van der Waals surface area contributed by atoms with Crippen molar-refractivity contribution in [2.24, 2.45) is 35.5 Å². The number of imide groups is 1. The molecule has 2 heterocycles. The molecule has 0 aromatic carbocycles. The number of nitrogens with zero attached hydrogens (tertiary/aromatic N) is 2. The van der Waals surface area contributed by atoms with Crippen molar-refractivity contribution in [2.75, 3.05) is 4.90 Å². The maximum Gasteiger partial charge on any atom is 0.238 e. The molecule has 2 amide bonds. The number of allylic oxidation sites excluding steroid dienone is 2. The van der Waals surface area contributed by atoms with Gasteiger partial charge in [-0.2, -0.15) is 0 Å². The first-order valence-corrected chi connectivity index (χ1v) is 7.23. The Morgan fingerprint density at radius 1 is 0.950 bits per heavy atom. The summed E-state index contributed by atoms with van der Waals surface area (Å²) in [5.41, 5.74) is 0.664. The number of carbonyl (C=O) groups is 2. The predicted molar refractivity (Wildman–Crippen MR) is 71.4 cm³/mol. The topological polar surface area (TPSA) is 50.3 Å². The molecule has 0 spiro atoms. The minimum absolute atomic E-state index is 0.00380. The average molecular weight is 266 g/mol. The highest BCUT2D eigenvalue weighted by atomic mass is 16.2. The molecule has 4 nitrogen and oxygen atoms in total. The van der Waals surface area contributed by atoms with Crippen LogP contribution >= 0.6 is 0 Å². The van der Waals surface area contributed by atoms with Gasteiger partial charge in [0, 0.05) is 12.4 Å². The van der Waals surface area contributed by atoms with E-state index in [2.05, 4.69) is 17.1 Å². The molecule has 0 unspecified atom stereocenters. The van der Waals surface area contributed by atoms with E-state index in [0.29, 0.717) is 29.4 Å². The molecule has 4 heteroatoms. The van der Waals surface area contributed by atoms with Gasteiger partial charge in [0.05, 0.1) is 17.5 Å². The van der Waals surface area contributed by atoms with Crippen LogP contribution in [-0.4, -0.2) is 16.8 Å². The Hall–Kier alpha value is -1.97. The van der Waals surface area contributed by atoms with Crippen LogP contribution in [0.15, 0.2) is 36.7 Å². The van der Waals surface area contributed by atoms with Crippen LogP contribution in [0.1, 0.15) is 6.42 Å². The second-order valence-electron chi connectivity index (χ2n) is 6.37. The van der Waals surface area contributed by atoms with Gasteiger partial charge in [-0.1, -0.05) is 12.2 Å². The van der Waals surface area contributed by atoms with Crippen molar-refractivity contribution in [1.82, 2.24) is 4.98 Å².